The Morgan fingerprint density at radius 2 is 1.21 bits per heavy atom. The zero-order chi connectivity index (χ0) is 32.4. The summed E-state index contributed by atoms with van der Waals surface area (Å²) in [5, 5.41) is 12.3. The average Bonchev–Trinajstić information content (AvgIpc) is 3.82. The second kappa shape index (κ2) is 16.3. The summed E-state index contributed by atoms with van der Waals surface area (Å²) in [6, 6.07) is 16.8. The number of hydrogen-bond donors (Lipinski definition) is 4. The Morgan fingerprint density at radius 1 is 0.681 bits per heavy atom. The second-order valence-corrected chi connectivity index (χ2v) is 12.5. The van der Waals surface area contributed by atoms with Crippen LogP contribution in [0.15, 0.2) is 60.9 Å². The van der Waals surface area contributed by atoms with E-state index in [9.17, 15) is 0 Å². The highest BCUT2D eigenvalue weighted by Crippen LogP contribution is 2.36. The van der Waals surface area contributed by atoms with E-state index in [4.69, 9.17) is 26.0 Å². The maximum Gasteiger partial charge on any atom is 0.0853 e. The first-order chi connectivity index (χ1) is 23.1. The fourth-order valence-corrected chi connectivity index (χ4v) is 6.86. The number of nitrogens with two attached hydrogens (primary N) is 2. The molecule has 0 amide bonds. The van der Waals surface area contributed by atoms with Gasteiger partial charge in [0.1, 0.15) is 0 Å². The van der Waals surface area contributed by atoms with Crippen LogP contribution in [0.1, 0.15) is 46.5 Å². The van der Waals surface area contributed by atoms with Crippen LogP contribution in [0.2, 0.25) is 0 Å². The smallest absolute Gasteiger partial charge is 0.0853 e. The summed E-state index contributed by atoms with van der Waals surface area (Å²) >= 11 is 0. The third kappa shape index (κ3) is 8.36. The minimum Gasteiger partial charge on any atom is -0.398 e. The molecular formula is C38H48N6O3. The number of hydrogen-bond acceptors (Lipinski definition) is 9. The molecule has 8 rings (SSSR count). The van der Waals surface area contributed by atoms with Crippen LogP contribution in [0.25, 0.3) is 22.3 Å². The third-order valence-electron chi connectivity index (χ3n) is 9.41. The van der Waals surface area contributed by atoms with Gasteiger partial charge in [-0.15, -0.1) is 0 Å². The van der Waals surface area contributed by atoms with Gasteiger partial charge in [0.25, 0.3) is 0 Å². The van der Waals surface area contributed by atoms with Crippen molar-refractivity contribution in [2.45, 2.75) is 51.7 Å². The molecule has 47 heavy (non-hydrogen) atoms. The van der Waals surface area contributed by atoms with Crippen LogP contribution in [-0.2, 0) is 48.3 Å². The van der Waals surface area contributed by atoms with Gasteiger partial charge in [-0.3, -0.25) is 14.9 Å². The average molecular weight is 637 g/mol. The zero-order valence-corrected chi connectivity index (χ0v) is 27.3. The number of nitrogens with one attached hydrogen (secondary N) is 1. The molecule has 9 nitrogen and oxygen atoms in total. The number of anilines is 2. The molecule has 6 N–H and O–H groups in total. The van der Waals surface area contributed by atoms with Crippen molar-refractivity contribution < 1.29 is 14.6 Å². The molecule has 2 aromatic heterocycles. The molecule has 2 aromatic carbocycles. The number of nitrogen functional groups attached to an aromatic ring is 2. The first-order valence-corrected chi connectivity index (χ1v) is 17.0. The molecule has 2 aliphatic carbocycles. The van der Waals surface area contributed by atoms with Gasteiger partial charge in [-0.1, -0.05) is 24.3 Å². The lowest BCUT2D eigenvalue weighted by atomic mass is 9.98. The van der Waals surface area contributed by atoms with Gasteiger partial charge in [-0.05, 0) is 96.2 Å². The second-order valence-electron chi connectivity index (χ2n) is 12.5. The van der Waals surface area contributed by atoms with Crippen molar-refractivity contribution >= 4 is 11.4 Å². The van der Waals surface area contributed by atoms with Crippen LogP contribution < -0.4 is 16.8 Å². The van der Waals surface area contributed by atoms with Crippen molar-refractivity contribution in [2.75, 3.05) is 64.1 Å². The summed E-state index contributed by atoms with van der Waals surface area (Å²) in [6.45, 7) is 8.26. The Hall–Kier alpha value is -3.86. The van der Waals surface area contributed by atoms with Crippen LogP contribution in [0, 0.1) is 0 Å². The molecule has 0 saturated carbocycles. The maximum atomic E-state index is 9.14. The standard InChI is InChI=1S/C19H23N3O.C15H16N2O.C4H9NO/c20-19-17-3-1-2-14(17)4-5-18(19)15-6-7-21-16(12-15)13-22-8-10-23-11-9-22;16-15-13-3-1-2-10(13)4-5-14(15)11-6-7-17-12(8-11)9-18;1-3-6-4-2-5-1/h4-7,12H,1-3,8-11,13,20H2;4-8,18H,1-3,9,16H2;5H,1-4H2. The molecule has 2 saturated heterocycles. The van der Waals surface area contributed by atoms with Gasteiger partial charge in [0.05, 0.1) is 44.4 Å². The summed E-state index contributed by atoms with van der Waals surface area (Å²) in [5.74, 6) is 0. The number of nitrogens with zero attached hydrogens (tertiary/aromatic N) is 3. The van der Waals surface area contributed by atoms with E-state index >= 15 is 0 Å². The number of benzene rings is 2. The fraction of sp³-hybridized carbons (Fsp3) is 0.421. The molecule has 2 fully saturated rings. The first-order valence-electron chi connectivity index (χ1n) is 17.0. The summed E-state index contributed by atoms with van der Waals surface area (Å²) in [4.78, 5) is 11.0. The summed E-state index contributed by atoms with van der Waals surface area (Å²) in [7, 11) is 0. The topological polar surface area (TPSA) is 132 Å². The normalized spacial score (nSPS) is 17.1. The van der Waals surface area contributed by atoms with E-state index in [2.05, 4.69) is 56.6 Å². The number of rotatable bonds is 5. The van der Waals surface area contributed by atoms with Crippen LogP contribution in [-0.4, -0.2) is 72.6 Å². The molecular weight excluding hydrogens is 588 g/mol. The number of aryl methyl sites for hydroxylation is 2. The van der Waals surface area contributed by atoms with Gasteiger partial charge in [0.2, 0.25) is 0 Å². The number of pyridine rings is 2. The van der Waals surface area contributed by atoms with Gasteiger partial charge in [0.15, 0.2) is 0 Å². The molecule has 0 spiro atoms. The van der Waals surface area contributed by atoms with E-state index in [-0.39, 0.29) is 6.61 Å². The van der Waals surface area contributed by atoms with Gasteiger partial charge < -0.3 is 31.4 Å². The van der Waals surface area contributed by atoms with E-state index in [1.807, 2.05) is 18.3 Å². The Balaban J connectivity index is 0.000000143. The Bertz CT molecular complexity index is 1620. The van der Waals surface area contributed by atoms with Gasteiger partial charge in [-0.25, -0.2) is 0 Å². The molecule has 4 aliphatic rings. The lowest BCUT2D eigenvalue weighted by Crippen LogP contribution is -2.35. The Morgan fingerprint density at radius 3 is 1.72 bits per heavy atom. The lowest BCUT2D eigenvalue weighted by Gasteiger charge is -2.26. The molecule has 4 heterocycles. The highest BCUT2D eigenvalue weighted by molar-refractivity contribution is 5.81. The van der Waals surface area contributed by atoms with E-state index in [1.54, 1.807) is 6.20 Å². The molecule has 9 heteroatoms. The van der Waals surface area contributed by atoms with Crippen LogP contribution >= 0.6 is 0 Å². The predicted octanol–water partition coefficient (Wildman–Crippen LogP) is 4.57. The molecule has 248 valence electrons. The first kappa shape index (κ1) is 33.1. The number of fused-ring (bicyclic) bond motifs is 2. The number of aliphatic hydroxyl groups excluding tert-OH is 1. The van der Waals surface area contributed by atoms with E-state index < -0.39 is 0 Å². The van der Waals surface area contributed by atoms with Crippen molar-refractivity contribution in [1.82, 2.24) is 20.2 Å². The van der Waals surface area contributed by atoms with Crippen molar-refractivity contribution in [1.29, 1.82) is 0 Å². The third-order valence-corrected chi connectivity index (χ3v) is 9.41. The van der Waals surface area contributed by atoms with E-state index in [1.165, 1.54) is 47.1 Å². The molecule has 2 aliphatic heterocycles. The van der Waals surface area contributed by atoms with Crippen molar-refractivity contribution in [3.05, 3.63) is 94.6 Å². The molecule has 0 atom stereocenters. The van der Waals surface area contributed by atoms with Crippen molar-refractivity contribution in [3.63, 3.8) is 0 Å². The molecule has 0 radical (unpaired) electrons. The summed E-state index contributed by atoms with van der Waals surface area (Å²) in [6.07, 6.45) is 10.5. The van der Waals surface area contributed by atoms with Crippen LogP contribution in [0.5, 0.6) is 0 Å². The van der Waals surface area contributed by atoms with Gasteiger partial charge in [0, 0.05) is 67.6 Å². The molecule has 4 aromatic rings. The minimum absolute atomic E-state index is 0.0430. The Labute approximate surface area is 278 Å². The monoisotopic (exact) mass is 636 g/mol. The number of aliphatic hydroxyl groups is 1. The molecule has 0 unspecified atom stereocenters. The van der Waals surface area contributed by atoms with Crippen molar-refractivity contribution in [2.24, 2.45) is 0 Å². The number of aromatic nitrogens is 2. The van der Waals surface area contributed by atoms with Crippen molar-refractivity contribution in [3.8, 4) is 22.3 Å². The fourth-order valence-electron chi connectivity index (χ4n) is 6.86. The van der Waals surface area contributed by atoms with Gasteiger partial charge >= 0.3 is 0 Å². The highest BCUT2D eigenvalue weighted by atomic mass is 16.5. The molecule has 0 bridgehead atoms. The van der Waals surface area contributed by atoms with Crippen LogP contribution in [0.3, 0.4) is 0 Å². The zero-order valence-electron chi connectivity index (χ0n) is 27.3. The summed E-state index contributed by atoms with van der Waals surface area (Å²) < 4.78 is 10.4. The number of ether oxygens (including phenoxy) is 2. The minimum atomic E-state index is -0.0430. The van der Waals surface area contributed by atoms with Crippen LogP contribution in [0.4, 0.5) is 11.4 Å². The number of morpholine rings is 2. The SMILES string of the molecule is C1COCCN1.Nc1c(-c2ccnc(CN3CCOCC3)c2)ccc2c1CCC2.Nc1c(-c2ccnc(CO)c2)ccc2c1CCC2. The largest absolute Gasteiger partial charge is 0.398 e. The Kier molecular flexibility index (Phi) is 11.5. The highest BCUT2D eigenvalue weighted by Gasteiger charge is 2.18. The van der Waals surface area contributed by atoms with Gasteiger partial charge in [-0.2, -0.15) is 0 Å². The van der Waals surface area contributed by atoms with E-state index in [0.29, 0.717) is 5.69 Å². The van der Waals surface area contributed by atoms with E-state index in [0.717, 1.165) is 112 Å². The summed E-state index contributed by atoms with van der Waals surface area (Å²) in [5.41, 5.74) is 26.2. The quantitative estimate of drug-likeness (QED) is 0.233. The predicted molar refractivity (Wildman–Crippen MR) is 188 cm³/mol. The lowest BCUT2D eigenvalue weighted by molar-refractivity contribution is 0.0336. The maximum absolute atomic E-state index is 9.14.